The van der Waals surface area contributed by atoms with Gasteiger partial charge in [0.2, 0.25) is 0 Å². The first-order valence-electron chi connectivity index (χ1n) is 7.15. The SMILES string of the molecule is CN(c1ccn2ccnc2c1)[C@H](COC=O)c1ccc(Cl)cc1. The Hall–Kier alpha value is -2.53. The molecule has 0 unspecified atom stereocenters. The summed E-state index contributed by atoms with van der Waals surface area (Å²) in [7, 11) is 1.96. The van der Waals surface area contributed by atoms with E-state index in [0.29, 0.717) is 11.5 Å². The van der Waals surface area contributed by atoms with Crippen LogP contribution in [-0.4, -0.2) is 29.5 Å². The maximum atomic E-state index is 10.6. The topological polar surface area (TPSA) is 46.8 Å². The lowest BCUT2D eigenvalue weighted by molar-refractivity contribution is -0.129. The van der Waals surface area contributed by atoms with Crippen LogP contribution in [0.4, 0.5) is 5.69 Å². The van der Waals surface area contributed by atoms with Gasteiger partial charge in [0.05, 0.1) is 6.04 Å². The van der Waals surface area contributed by atoms with Crippen molar-refractivity contribution in [3.05, 3.63) is 65.6 Å². The van der Waals surface area contributed by atoms with Gasteiger partial charge in [0.1, 0.15) is 12.3 Å². The second-order valence-corrected chi connectivity index (χ2v) is 5.62. The number of rotatable bonds is 6. The van der Waals surface area contributed by atoms with Crippen LogP contribution >= 0.6 is 11.6 Å². The van der Waals surface area contributed by atoms with Crippen molar-refractivity contribution in [2.45, 2.75) is 6.04 Å². The molecule has 118 valence electrons. The van der Waals surface area contributed by atoms with Crippen LogP contribution in [0.15, 0.2) is 55.0 Å². The number of carbonyl (C=O) groups is 1. The van der Waals surface area contributed by atoms with Crippen LogP contribution < -0.4 is 4.90 Å². The Morgan fingerprint density at radius 1 is 1.30 bits per heavy atom. The van der Waals surface area contributed by atoms with Gasteiger partial charge in [-0.2, -0.15) is 0 Å². The lowest BCUT2D eigenvalue weighted by Crippen LogP contribution is -2.28. The van der Waals surface area contributed by atoms with Crippen molar-refractivity contribution in [2.24, 2.45) is 0 Å². The van der Waals surface area contributed by atoms with Crippen LogP contribution in [0.25, 0.3) is 5.65 Å². The van der Waals surface area contributed by atoms with E-state index in [1.54, 1.807) is 6.20 Å². The Kier molecular flexibility index (Phi) is 4.48. The van der Waals surface area contributed by atoms with Gasteiger partial charge in [-0.1, -0.05) is 23.7 Å². The molecule has 0 fully saturated rings. The van der Waals surface area contributed by atoms with Crippen molar-refractivity contribution in [3.8, 4) is 0 Å². The number of halogens is 1. The normalized spacial score (nSPS) is 12.1. The van der Waals surface area contributed by atoms with E-state index in [4.69, 9.17) is 16.3 Å². The fourth-order valence-electron chi connectivity index (χ4n) is 2.55. The molecule has 2 heterocycles. The molecule has 0 amide bonds. The molecule has 6 heteroatoms. The number of aromatic nitrogens is 2. The van der Waals surface area contributed by atoms with Crippen LogP contribution in [0.1, 0.15) is 11.6 Å². The predicted octanol–water partition coefficient (Wildman–Crippen LogP) is 3.34. The highest BCUT2D eigenvalue weighted by Gasteiger charge is 2.19. The average molecular weight is 330 g/mol. The highest BCUT2D eigenvalue weighted by molar-refractivity contribution is 6.30. The summed E-state index contributed by atoms with van der Waals surface area (Å²) in [6, 6.07) is 11.4. The quantitative estimate of drug-likeness (QED) is 0.651. The van der Waals surface area contributed by atoms with Crippen LogP contribution in [-0.2, 0) is 9.53 Å². The molecule has 0 spiro atoms. The second-order valence-electron chi connectivity index (χ2n) is 5.19. The third kappa shape index (κ3) is 3.29. The summed E-state index contributed by atoms with van der Waals surface area (Å²) in [4.78, 5) is 17.0. The summed E-state index contributed by atoms with van der Waals surface area (Å²) in [5, 5.41) is 0.672. The minimum atomic E-state index is -0.116. The van der Waals surface area contributed by atoms with Crippen molar-refractivity contribution in [2.75, 3.05) is 18.6 Å². The second kappa shape index (κ2) is 6.71. The summed E-state index contributed by atoms with van der Waals surface area (Å²) in [6.45, 7) is 0.718. The molecule has 2 aromatic heterocycles. The van der Waals surface area contributed by atoms with Gasteiger partial charge in [0.25, 0.3) is 6.47 Å². The number of ether oxygens (including phenoxy) is 1. The van der Waals surface area contributed by atoms with Crippen molar-refractivity contribution in [1.29, 1.82) is 0 Å². The Morgan fingerprint density at radius 2 is 2.09 bits per heavy atom. The van der Waals surface area contributed by atoms with E-state index in [1.165, 1.54) is 0 Å². The summed E-state index contributed by atoms with van der Waals surface area (Å²) in [5.74, 6) is 0. The standard InChI is InChI=1S/C17H16ClN3O2/c1-20(15-6-8-21-9-7-19-17(21)10-15)16(11-23-12-22)13-2-4-14(18)5-3-13/h2-10,12,16H,11H2,1H3/t16-/m1/s1. The van der Waals surface area contributed by atoms with Crippen molar-refractivity contribution in [3.63, 3.8) is 0 Å². The Labute approximate surface area is 139 Å². The largest absolute Gasteiger partial charge is 0.465 e. The molecule has 0 bridgehead atoms. The zero-order valence-electron chi connectivity index (χ0n) is 12.6. The van der Waals surface area contributed by atoms with E-state index in [1.807, 2.05) is 60.2 Å². The lowest BCUT2D eigenvalue weighted by atomic mass is 10.1. The van der Waals surface area contributed by atoms with Gasteiger partial charge in [-0.15, -0.1) is 0 Å². The van der Waals surface area contributed by atoms with E-state index < -0.39 is 0 Å². The average Bonchev–Trinajstić information content (AvgIpc) is 3.04. The first-order chi connectivity index (χ1) is 11.2. The van der Waals surface area contributed by atoms with Gasteiger partial charge >= 0.3 is 0 Å². The molecule has 3 rings (SSSR count). The van der Waals surface area contributed by atoms with Crippen LogP contribution in [0.2, 0.25) is 5.02 Å². The minimum Gasteiger partial charge on any atom is -0.465 e. The molecular weight excluding hydrogens is 314 g/mol. The fraction of sp³-hybridized carbons (Fsp3) is 0.176. The maximum Gasteiger partial charge on any atom is 0.293 e. The van der Waals surface area contributed by atoms with E-state index in [2.05, 4.69) is 9.88 Å². The van der Waals surface area contributed by atoms with Gasteiger partial charge in [-0.05, 0) is 23.8 Å². The third-order valence-electron chi connectivity index (χ3n) is 3.83. The number of pyridine rings is 1. The van der Waals surface area contributed by atoms with E-state index >= 15 is 0 Å². The molecule has 0 radical (unpaired) electrons. The number of nitrogens with zero attached hydrogens (tertiary/aromatic N) is 3. The first-order valence-corrected chi connectivity index (χ1v) is 7.53. The Morgan fingerprint density at radius 3 is 2.83 bits per heavy atom. The van der Waals surface area contributed by atoms with Gasteiger partial charge in [0.15, 0.2) is 0 Å². The molecule has 0 saturated carbocycles. The number of hydrogen-bond acceptors (Lipinski definition) is 4. The molecule has 3 aromatic rings. The number of hydrogen-bond donors (Lipinski definition) is 0. The molecular formula is C17H16ClN3O2. The number of imidazole rings is 1. The zero-order valence-corrected chi connectivity index (χ0v) is 13.3. The number of anilines is 1. The van der Waals surface area contributed by atoms with Crippen molar-refractivity contribution >= 4 is 29.4 Å². The first kappa shape index (κ1) is 15.4. The summed E-state index contributed by atoms with van der Waals surface area (Å²) < 4.78 is 6.96. The molecule has 0 aliphatic heterocycles. The van der Waals surface area contributed by atoms with E-state index in [9.17, 15) is 4.79 Å². The van der Waals surface area contributed by atoms with Crippen LogP contribution in [0.5, 0.6) is 0 Å². The smallest absolute Gasteiger partial charge is 0.293 e. The molecule has 5 nitrogen and oxygen atoms in total. The summed E-state index contributed by atoms with van der Waals surface area (Å²) in [5.41, 5.74) is 2.86. The van der Waals surface area contributed by atoms with E-state index in [-0.39, 0.29) is 12.6 Å². The van der Waals surface area contributed by atoms with Gasteiger partial charge in [-0.25, -0.2) is 4.98 Å². The number of likely N-dealkylation sites (N-methyl/N-ethyl adjacent to an activating group) is 1. The zero-order chi connectivity index (χ0) is 16.2. The molecule has 1 aromatic carbocycles. The monoisotopic (exact) mass is 329 g/mol. The van der Waals surface area contributed by atoms with Gasteiger partial charge < -0.3 is 14.0 Å². The van der Waals surface area contributed by atoms with Crippen LogP contribution in [0, 0.1) is 0 Å². The van der Waals surface area contributed by atoms with Crippen molar-refractivity contribution in [1.82, 2.24) is 9.38 Å². The Balaban J connectivity index is 1.93. The minimum absolute atomic E-state index is 0.116. The molecule has 0 aliphatic rings. The lowest BCUT2D eigenvalue weighted by Gasteiger charge is -2.29. The maximum absolute atomic E-state index is 10.6. The van der Waals surface area contributed by atoms with Gasteiger partial charge in [0, 0.05) is 42.4 Å². The van der Waals surface area contributed by atoms with Crippen LogP contribution in [0.3, 0.4) is 0 Å². The predicted molar refractivity (Wildman–Crippen MR) is 89.8 cm³/mol. The summed E-state index contributed by atoms with van der Waals surface area (Å²) in [6.07, 6.45) is 5.60. The Bertz CT molecular complexity index is 801. The number of carbonyl (C=O) groups excluding carboxylic acids is 1. The van der Waals surface area contributed by atoms with Crippen molar-refractivity contribution < 1.29 is 9.53 Å². The number of fused-ring (bicyclic) bond motifs is 1. The number of benzene rings is 1. The van der Waals surface area contributed by atoms with E-state index in [0.717, 1.165) is 16.9 Å². The highest BCUT2D eigenvalue weighted by Crippen LogP contribution is 2.27. The molecule has 0 saturated heterocycles. The van der Waals surface area contributed by atoms with Gasteiger partial charge in [-0.3, -0.25) is 4.79 Å². The summed E-state index contributed by atoms with van der Waals surface area (Å²) >= 11 is 5.96. The molecule has 1 atom stereocenters. The molecule has 0 aliphatic carbocycles. The molecule has 0 N–H and O–H groups in total. The third-order valence-corrected chi connectivity index (χ3v) is 4.09. The molecule has 23 heavy (non-hydrogen) atoms. The highest BCUT2D eigenvalue weighted by atomic mass is 35.5. The fourth-order valence-corrected chi connectivity index (χ4v) is 2.67.